The zero-order valence-corrected chi connectivity index (χ0v) is 15.3. The van der Waals surface area contributed by atoms with Crippen molar-refractivity contribution < 1.29 is 14.3 Å². The van der Waals surface area contributed by atoms with Gasteiger partial charge < -0.3 is 9.64 Å². The third kappa shape index (κ3) is 2.16. The average Bonchev–Trinajstić information content (AvgIpc) is 3.26. The van der Waals surface area contributed by atoms with Crippen LogP contribution in [0.5, 0.6) is 0 Å². The minimum atomic E-state index is -0.486. The summed E-state index contributed by atoms with van der Waals surface area (Å²) < 4.78 is 6.00. The molecule has 2 atom stereocenters. The van der Waals surface area contributed by atoms with Gasteiger partial charge in [0.25, 0.3) is 0 Å². The van der Waals surface area contributed by atoms with Crippen molar-refractivity contribution in [3.05, 3.63) is 59.7 Å². The number of rotatable bonds is 2. The number of fused-ring (bicyclic) bond motifs is 4. The molecule has 2 aromatic rings. The number of nitrogens with zero attached hydrogens (tertiary/aromatic N) is 1. The van der Waals surface area contributed by atoms with Crippen molar-refractivity contribution in [3.63, 3.8) is 0 Å². The maximum atomic E-state index is 13.0. The molecule has 1 amide bonds. The van der Waals surface area contributed by atoms with E-state index in [1.165, 1.54) is 0 Å². The number of ether oxygens (including phenoxy) is 1. The summed E-state index contributed by atoms with van der Waals surface area (Å²) in [7, 11) is 0. The van der Waals surface area contributed by atoms with Crippen molar-refractivity contribution in [2.24, 2.45) is 0 Å². The molecule has 26 heavy (non-hydrogen) atoms. The molecule has 5 rings (SSSR count). The number of benzene rings is 2. The van der Waals surface area contributed by atoms with Gasteiger partial charge >= 0.3 is 5.97 Å². The molecule has 0 saturated carbocycles. The largest absolute Gasteiger partial charge is 0.451 e. The van der Waals surface area contributed by atoms with E-state index in [4.69, 9.17) is 4.74 Å². The predicted octanol–water partition coefficient (Wildman–Crippen LogP) is 3.75. The van der Waals surface area contributed by atoms with Gasteiger partial charge in [0.1, 0.15) is 6.04 Å². The minimum absolute atomic E-state index is 0.0617. The monoisotopic (exact) mass is 365 g/mol. The summed E-state index contributed by atoms with van der Waals surface area (Å²) in [6.45, 7) is 2.05. The van der Waals surface area contributed by atoms with Crippen LogP contribution in [-0.2, 0) is 14.3 Å². The Hall–Kier alpha value is -2.27. The van der Waals surface area contributed by atoms with E-state index in [-0.39, 0.29) is 16.7 Å². The number of hydrogen-bond acceptors (Lipinski definition) is 4. The number of hydrogen-bond donors (Lipinski definition) is 0. The van der Waals surface area contributed by atoms with Crippen LogP contribution in [0.1, 0.15) is 37.0 Å². The fraction of sp³-hybridized carbons (Fsp3) is 0.333. The Labute approximate surface area is 156 Å². The normalized spacial score (nSPS) is 26.6. The molecule has 2 heterocycles. The van der Waals surface area contributed by atoms with Crippen molar-refractivity contribution in [1.29, 1.82) is 0 Å². The van der Waals surface area contributed by atoms with Crippen molar-refractivity contribution >= 4 is 23.6 Å². The van der Waals surface area contributed by atoms with E-state index in [1.54, 1.807) is 16.7 Å². The van der Waals surface area contributed by atoms with Crippen LogP contribution in [0.25, 0.3) is 11.1 Å². The molecule has 0 bridgehead atoms. The summed E-state index contributed by atoms with van der Waals surface area (Å²) in [5, 5.41) is 0. The molecule has 2 fully saturated rings. The van der Waals surface area contributed by atoms with Crippen LogP contribution in [0.15, 0.2) is 48.5 Å². The highest BCUT2D eigenvalue weighted by atomic mass is 32.2. The van der Waals surface area contributed by atoms with Gasteiger partial charge in [-0.15, -0.1) is 11.8 Å². The Balaban J connectivity index is 1.47. The molecule has 5 heteroatoms. The minimum Gasteiger partial charge on any atom is -0.451 e. The number of esters is 1. The third-order valence-electron chi connectivity index (χ3n) is 5.73. The van der Waals surface area contributed by atoms with Crippen molar-refractivity contribution in [1.82, 2.24) is 4.90 Å². The number of amides is 1. The van der Waals surface area contributed by atoms with Crippen LogP contribution in [0.3, 0.4) is 0 Å². The van der Waals surface area contributed by atoms with Gasteiger partial charge in [-0.25, -0.2) is 4.79 Å². The highest BCUT2D eigenvalue weighted by molar-refractivity contribution is 8.01. The number of carbonyl (C=O) groups excluding carboxylic acids is 2. The lowest BCUT2D eigenvalue weighted by Gasteiger charge is -2.30. The third-order valence-corrected chi connectivity index (χ3v) is 7.23. The molecule has 132 valence electrons. The molecule has 0 radical (unpaired) electrons. The topological polar surface area (TPSA) is 46.6 Å². The second kappa shape index (κ2) is 5.61. The molecule has 2 aliphatic heterocycles. The van der Waals surface area contributed by atoms with Crippen LogP contribution in [-0.4, -0.2) is 33.4 Å². The lowest BCUT2D eigenvalue weighted by Crippen LogP contribution is -2.46. The van der Waals surface area contributed by atoms with Crippen LogP contribution in [0.2, 0.25) is 0 Å². The summed E-state index contributed by atoms with van der Waals surface area (Å²) in [4.78, 5) is 26.8. The van der Waals surface area contributed by atoms with E-state index in [0.29, 0.717) is 12.2 Å². The quantitative estimate of drug-likeness (QED) is 0.761. The van der Waals surface area contributed by atoms with Gasteiger partial charge in [-0.1, -0.05) is 48.5 Å². The van der Waals surface area contributed by atoms with E-state index in [9.17, 15) is 9.59 Å². The lowest BCUT2D eigenvalue weighted by atomic mass is 10.1. The Morgan fingerprint density at radius 2 is 1.73 bits per heavy atom. The first kappa shape index (κ1) is 15.9. The molecular formula is C21H19NO3S. The average molecular weight is 365 g/mol. The fourth-order valence-electron chi connectivity index (χ4n) is 4.43. The second-order valence-electron chi connectivity index (χ2n) is 7.26. The summed E-state index contributed by atoms with van der Waals surface area (Å²) >= 11 is 1.69. The van der Waals surface area contributed by atoms with Gasteiger partial charge in [-0.3, -0.25) is 4.79 Å². The van der Waals surface area contributed by atoms with Crippen molar-refractivity contribution in [3.8, 4) is 11.1 Å². The molecular weight excluding hydrogens is 346 g/mol. The van der Waals surface area contributed by atoms with Crippen LogP contribution < -0.4 is 0 Å². The zero-order valence-electron chi connectivity index (χ0n) is 14.5. The summed E-state index contributed by atoms with van der Waals surface area (Å²) in [6, 6.07) is 15.6. The summed E-state index contributed by atoms with van der Waals surface area (Å²) in [6.07, 6.45) is 0.919. The van der Waals surface area contributed by atoms with Crippen molar-refractivity contribution in [2.75, 3.05) is 5.75 Å². The van der Waals surface area contributed by atoms with Crippen LogP contribution in [0, 0.1) is 0 Å². The van der Waals surface area contributed by atoms with Gasteiger partial charge in [0.2, 0.25) is 5.91 Å². The fourth-order valence-corrected chi connectivity index (χ4v) is 5.84. The lowest BCUT2D eigenvalue weighted by molar-refractivity contribution is -0.156. The molecule has 0 spiro atoms. The molecule has 4 nitrogen and oxygen atoms in total. The molecule has 0 N–H and O–H groups in total. The van der Waals surface area contributed by atoms with Gasteiger partial charge in [0.05, 0.1) is 4.87 Å². The van der Waals surface area contributed by atoms with E-state index < -0.39 is 12.1 Å². The highest BCUT2D eigenvalue weighted by Crippen LogP contribution is 2.49. The number of thioether (sulfide) groups is 1. The molecule has 2 aromatic carbocycles. The predicted molar refractivity (Wildman–Crippen MR) is 101 cm³/mol. The van der Waals surface area contributed by atoms with E-state index >= 15 is 0 Å². The Bertz CT molecular complexity index is 881. The Morgan fingerprint density at radius 1 is 1.12 bits per heavy atom. The van der Waals surface area contributed by atoms with E-state index in [2.05, 4.69) is 19.1 Å². The molecule has 3 aliphatic rings. The van der Waals surface area contributed by atoms with Gasteiger partial charge in [-0.05, 0) is 24.5 Å². The van der Waals surface area contributed by atoms with E-state index in [0.717, 1.165) is 28.7 Å². The first-order valence-corrected chi connectivity index (χ1v) is 9.92. The standard InChI is InChI=1S/C21H19NO3S/c1-21-11-10-18(23)22(21)17(12-26-21)20(24)25-19-15-8-4-2-6-13(15)14-7-3-5-9-16(14)19/h2-9,17,19H,10-12H2,1H3/t17-,21-/m1/s1. The van der Waals surface area contributed by atoms with Gasteiger partial charge in [0, 0.05) is 23.3 Å². The first-order valence-electron chi connectivity index (χ1n) is 8.93. The zero-order chi connectivity index (χ0) is 17.9. The maximum Gasteiger partial charge on any atom is 0.330 e. The van der Waals surface area contributed by atoms with Crippen LogP contribution >= 0.6 is 11.8 Å². The van der Waals surface area contributed by atoms with Gasteiger partial charge in [-0.2, -0.15) is 0 Å². The maximum absolute atomic E-state index is 13.0. The van der Waals surface area contributed by atoms with E-state index in [1.807, 2.05) is 36.4 Å². The SMILES string of the molecule is C[C@@]12CCC(=O)N1[C@@H](C(=O)OC1c3ccccc3-c3ccccc31)CS2. The molecule has 0 aromatic heterocycles. The van der Waals surface area contributed by atoms with Crippen molar-refractivity contribution in [2.45, 2.75) is 36.8 Å². The summed E-state index contributed by atoms with van der Waals surface area (Å²) in [5.41, 5.74) is 4.26. The molecule has 2 saturated heterocycles. The summed E-state index contributed by atoms with van der Waals surface area (Å²) in [5.74, 6) is 0.372. The molecule has 0 unspecified atom stereocenters. The number of carbonyl (C=O) groups is 2. The smallest absolute Gasteiger partial charge is 0.330 e. The Morgan fingerprint density at radius 3 is 2.38 bits per heavy atom. The van der Waals surface area contributed by atoms with Crippen LogP contribution in [0.4, 0.5) is 0 Å². The molecule has 1 aliphatic carbocycles. The Kier molecular flexibility index (Phi) is 3.44. The second-order valence-corrected chi connectivity index (χ2v) is 8.76. The highest BCUT2D eigenvalue weighted by Gasteiger charge is 2.54. The van der Waals surface area contributed by atoms with Gasteiger partial charge in [0.15, 0.2) is 6.10 Å². The first-order chi connectivity index (χ1) is 12.6.